The molecule has 5 nitrogen and oxygen atoms in total. The lowest BCUT2D eigenvalue weighted by atomic mass is 10.2. The highest BCUT2D eigenvalue weighted by Crippen LogP contribution is 2.16. The van der Waals surface area contributed by atoms with Crippen LogP contribution < -0.4 is 11.1 Å². The summed E-state index contributed by atoms with van der Waals surface area (Å²) in [6.07, 6.45) is 3.30. The zero-order valence-electron chi connectivity index (χ0n) is 8.36. The van der Waals surface area contributed by atoms with Crippen LogP contribution in [0.5, 0.6) is 0 Å². The highest BCUT2D eigenvalue weighted by molar-refractivity contribution is 7.98. The largest absolute Gasteiger partial charge is 0.478 e. The molecule has 0 spiro atoms. The Bertz CT molecular complexity index is 357. The van der Waals surface area contributed by atoms with Crippen molar-refractivity contribution in [3.63, 3.8) is 0 Å². The van der Waals surface area contributed by atoms with Crippen molar-refractivity contribution in [3.8, 4) is 0 Å². The Morgan fingerprint density at radius 1 is 1.73 bits per heavy atom. The maximum absolute atomic E-state index is 10.6. The molecule has 0 radical (unpaired) electrons. The molecule has 82 valence electrons. The molecule has 1 aromatic heterocycles. The lowest BCUT2D eigenvalue weighted by molar-refractivity contribution is 0.0696. The molecular weight excluding hydrogens is 214 g/mol. The standard InChI is InChI=1S/C9H13N3O2S/c1-15-3-2-11-8-7(10)4-6(5-12-8)9(13)14/h4-5H,2-3,10H2,1H3,(H,11,12)(H,13,14). The first-order valence-electron chi connectivity index (χ1n) is 4.36. The van der Waals surface area contributed by atoms with Crippen molar-refractivity contribution in [2.24, 2.45) is 0 Å². The molecule has 0 unspecified atom stereocenters. The van der Waals surface area contributed by atoms with Gasteiger partial charge in [0.25, 0.3) is 0 Å². The van der Waals surface area contributed by atoms with Crippen molar-refractivity contribution in [1.29, 1.82) is 0 Å². The molecule has 0 atom stereocenters. The average Bonchev–Trinajstić information content (AvgIpc) is 2.20. The number of carboxylic acid groups (broad SMARTS) is 1. The molecule has 4 N–H and O–H groups in total. The van der Waals surface area contributed by atoms with E-state index in [-0.39, 0.29) is 5.56 Å². The van der Waals surface area contributed by atoms with E-state index in [1.807, 2.05) is 6.26 Å². The average molecular weight is 227 g/mol. The van der Waals surface area contributed by atoms with Crippen LogP contribution >= 0.6 is 11.8 Å². The number of nitrogens with one attached hydrogen (secondary N) is 1. The monoisotopic (exact) mass is 227 g/mol. The molecule has 0 fully saturated rings. The van der Waals surface area contributed by atoms with Gasteiger partial charge in [0.1, 0.15) is 5.82 Å². The highest BCUT2D eigenvalue weighted by Gasteiger charge is 2.06. The number of thioether (sulfide) groups is 1. The summed E-state index contributed by atoms with van der Waals surface area (Å²) in [7, 11) is 0. The lowest BCUT2D eigenvalue weighted by Gasteiger charge is -2.07. The molecule has 1 heterocycles. The topological polar surface area (TPSA) is 88.2 Å². The summed E-state index contributed by atoms with van der Waals surface area (Å²) in [5.41, 5.74) is 6.10. The summed E-state index contributed by atoms with van der Waals surface area (Å²) in [4.78, 5) is 14.6. The van der Waals surface area contributed by atoms with Gasteiger partial charge in [-0.15, -0.1) is 0 Å². The minimum absolute atomic E-state index is 0.0999. The van der Waals surface area contributed by atoms with Gasteiger partial charge in [0, 0.05) is 18.5 Å². The van der Waals surface area contributed by atoms with E-state index >= 15 is 0 Å². The number of hydrogen-bond acceptors (Lipinski definition) is 5. The zero-order chi connectivity index (χ0) is 11.3. The van der Waals surface area contributed by atoms with Crippen LogP contribution in [0.1, 0.15) is 10.4 Å². The van der Waals surface area contributed by atoms with E-state index in [0.717, 1.165) is 12.3 Å². The Balaban J connectivity index is 2.70. The van der Waals surface area contributed by atoms with Crippen molar-refractivity contribution in [2.75, 3.05) is 29.6 Å². The van der Waals surface area contributed by atoms with Gasteiger partial charge in [-0.1, -0.05) is 0 Å². The fourth-order valence-corrected chi connectivity index (χ4v) is 1.32. The molecule has 0 aliphatic heterocycles. The third-order valence-corrected chi connectivity index (χ3v) is 2.38. The molecule has 0 saturated heterocycles. The van der Waals surface area contributed by atoms with Gasteiger partial charge in [-0.05, 0) is 12.3 Å². The number of anilines is 2. The molecule has 0 saturated carbocycles. The number of pyridine rings is 1. The third-order valence-electron chi connectivity index (χ3n) is 1.76. The number of rotatable bonds is 5. The summed E-state index contributed by atoms with van der Waals surface area (Å²) in [6.45, 7) is 0.755. The Labute approximate surface area is 92.1 Å². The molecule has 1 aromatic rings. The molecule has 1 rings (SSSR count). The van der Waals surface area contributed by atoms with E-state index in [0.29, 0.717) is 11.5 Å². The number of hydrogen-bond donors (Lipinski definition) is 3. The first-order chi connectivity index (χ1) is 7.15. The molecular formula is C9H13N3O2S. The smallest absolute Gasteiger partial charge is 0.337 e. The second-order valence-corrected chi connectivity index (χ2v) is 3.87. The van der Waals surface area contributed by atoms with Crippen LogP contribution in [0, 0.1) is 0 Å². The Morgan fingerprint density at radius 3 is 3.00 bits per heavy atom. The van der Waals surface area contributed by atoms with Gasteiger partial charge in [-0.3, -0.25) is 0 Å². The predicted octanol–water partition coefficient (Wildman–Crippen LogP) is 1.14. The maximum Gasteiger partial charge on any atom is 0.337 e. The van der Waals surface area contributed by atoms with Crippen molar-refractivity contribution in [1.82, 2.24) is 4.98 Å². The van der Waals surface area contributed by atoms with Crippen molar-refractivity contribution in [3.05, 3.63) is 17.8 Å². The van der Waals surface area contributed by atoms with Crippen LogP contribution in [-0.4, -0.2) is 34.6 Å². The number of nitrogen functional groups attached to an aromatic ring is 1. The van der Waals surface area contributed by atoms with E-state index in [9.17, 15) is 4.79 Å². The van der Waals surface area contributed by atoms with Gasteiger partial charge in [0.2, 0.25) is 0 Å². The van der Waals surface area contributed by atoms with Crippen LogP contribution in [0.3, 0.4) is 0 Å². The highest BCUT2D eigenvalue weighted by atomic mass is 32.2. The summed E-state index contributed by atoms with van der Waals surface area (Å²) < 4.78 is 0. The minimum atomic E-state index is -1.02. The molecule has 6 heteroatoms. The molecule has 15 heavy (non-hydrogen) atoms. The Hall–Kier alpha value is -1.43. The predicted molar refractivity (Wildman–Crippen MR) is 62.5 cm³/mol. The van der Waals surface area contributed by atoms with Crippen LogP contribution in [-0.2, 0) is 0 Å². The first-order valence-corrected chi connectivity index (χ1v) is 5.76. The van der Waals surface area contributed by atoms with Crippen LogP contribution in [0.15, 0.2) is 12.3 Å². The number of nitrogens with zero attached hydrogens (tertiary/aromatic N) is 1. The summed E-state index contributed by atoms with van der Waals surface area (Å²) in [6, 6.07) is 1.40. The number of carbonyl (C=O) groups is 1. The number of carboxylic acids is 1. The lowest BCUT2D eigenvalue weighted by Crippen LogP contribution is -2.09. The van der Waals surface area contributed by atoms with Crippen molar-refractivity contribution >= 4 is 29.2 Å². The van der Waals surface area contributed by atoms with Crippen molar-refractivity contribution in [2.45, 2.75) is 0 Å². The van der Waals surface area contributed by atoms with E-state index in [2.05, 4.69) is 10.3 Å². The summed E-state index contributed by atoms with van der Waals surface area (Å²) >= 11 is 1.71. The van der Waals surface area contributed by atoms with Crippen LogP contribution in [0.4, 0.5) is 11.5 Å². The summed E-state index contributed by atoms with van der Waals surface area (Å²) in [5, 5.41) is 11.7. The van der Waals surface area contributed by atoms with E-state index in [1.54, 1.807) is 11.8 Å². The van der Waals surface area contributed by atoms with Gasteiger partial charge >= 0.3 is 5.97 Å². The maximum atomic E-state index is 10.6. The number of aromatic nitrogens is 1. The molecule has 0 aliphatic carbocycles. The normalized spacial score (nSPS) is 9.93. The Morgan fingerprint density at radius 2 is 2.47 bits per heavy atom. The van der Waals surface area contributed by atoms with Gasteiger partial charge in [0.05, 0.1) is 11.3 Å². The molecule has 0 aromatic carbocycles. The van der Waals surface area contributed by atoms with Gasteiger partial charge in [-0.25, -0.2) is 9.78 Å². The van der Waals surface area contributed by atoms with Crippen LogP contribution in [0.2, 0.25) is 0 Å². The molecule has 0 amide bonds. The fourth-order valence-electron chi connectivity index (χ4n) is 1.02. The number of nitrogens with two attached hydrogens (primary N) is 1. The van der Waals surface area contributed by atoms with Crippen molar-refractivity contribution < 1.29 is 9.90 Å². The SMILES string of the molecule is CSCCNc1ncc(C(=O)O)cc1N. The zero-order valence-corrected chi connectivity index (χ0v) is 9.17. The quantitative estimate of drug-likeness (QED) is 0.654. The number of aromatic carboxylic acids is 1. The van der Waals surface area contributed by atoms with E-state index in [1.165, 1.54) is 12.3 Å². The second kappa shape index (κ2) is 5.45. The third kappa shape index (κ3) is 3.32. The minimum Gasteiger partial charge on any atom is -0.478 e. The van der Waals surface area contributed by atoms with Gasteiger partial charge in [0.15, 0.2) is 0 Å². The summed E-state index contributed by atoms with van der Waals surface area (Å²) in [5.74, 6) is 0.459. The van der Waals surface area contributed by atoms with Crippen LogP contribution in [0.25, 0.3) is 0 Å². The van der Waals surface area contributed by atoms with E-state index < -0.39 is 5.97 Å². The molecule has 0 aliphatic rings. The Kier molecular flexibility index (Phi) is 4.23. The van der Waals surface area contributed by atoms with Gasteiger partial charge in [-0.2, -0.15) is 11.8 Å². The fraction of sp³-hybridized carbons (Fsp3) is 0.333. The van der Waals surface area contributed by atoms with Gasteiger partial charge < -0.3 is 16.2 Å². The molecule has 0 bridgehead atoms. The first kappa shape index (κ1) is 11.6. The second-order valence-electron chi connectivity index (χ2n) is 2.89. The van der Waals surface area contributed by atoms with E-state index in [4.69, 9.17) is 10.8 Å².